The van der Waals surface area contributed by atoms with Crippen LogP contribution in [0.25, 0.3) is 21.5 Å². The number of hydrogen-bond donors (Lipinski definition) is 0. The van der Waals surface area contributed by atoms with Crippen molar-refractivity contribution in [1.29, 1.82) is 0 Å². The molecule has 0 atom stereocenters. The van der Waals surface area contributed by atoms with Gasteiger partial charge in [0.1, 0.15) is 18.0 Å². The topological polar surface area (TPSA) is 74.1 Å². The monoisotopic (exact) mass is 397 g/mol. The second kappa shape index (κ2) is 7.05. The number of ketones is 1. The first-order valence-electron chi connectivity index (χ1n) is 8.16. The predicted octanol–water partition coefficient (Wildman–Crippen LogP) is 3.78. The van der Waals surface area contributed by atoms with Gasteiger partial charge in [-0.1, -0.05) is 6.07 Å². The van der Waals surface area contributed by atoms with E-state index in [1.807, 2.05) is 42.6 Å². The largest absolute Gasteiger partial charge is 0.497 e. The van der Waals surface area contributed by atoms with Crippen molar-refractivity contribution in [2.75, 3.05) is 7.11 Å². The molecular weight excluding hydrogens is 382 g/mol. The van der Waals surface area contributed by atoms with E-state index in [1.54, 1.807) is 13.2 Å². The van der Waals surface area contributed by atoms with E-state index in [-0.39, 0.29) is 17.9 Å². The molecule has 0 aliphatic heterocycles. The number of fused-ring (bicyclic) bond motifs is 1. The number of rotatable bonds is 5. The zero-order chi connectivity index (χ0) is 19.0. The predicted molar refractivity (Wildman–Crippen MR) is 107 cm³/mol. The van der Waals surface area contributed by atoms with Gasteiger partial charge in [-0.05, 0) is 42.6 Å². The summed E-state index contributed by atoms with van der Waals surface area (Å²) in [6.45, 7) is 1.73. The van der Waals surface area contributed by atoms with Crippen molar-refractivity contribution in [3.05, 3.63) is 62.0 Å². The van der Waals surface area contributed by atoms with Crippen LogP contribution < -0.4 is 10.3 Å². The summed E-state index contributed by atoms with van der Waals surface area (Å²) < 4.78 is 7.14. The molecule has 27 heavy (non-hydrogen) atoms. The highest BCUT2D eigenvalue weighted by molar-refractivity contribution is 7.19. The summed E-state index contributed by atoms with van der Waals surface area (Å²) in [6.07, 6.45) is 0. The number of carbonyl (C=O) groups excluding carboxylic acids is 1. The Kier molecular flexibility index (Phi) is 4.59. The third kappa shape index (κ3) is 3.29. The number of hydrogen-bond acceptors (Lipinski definition) is 7. The summed E-state index contributed by atoms with van der Waals surface area (Å²) in [5.41, 5.74) is 1.47. The minimum atomic E-state index is -0.350. The molecule has 4 rings (SSSR count). The number of thiophene rings is 1. The second-order valence-electron chi connectivity index (χ2n) is 5.85. The third-order valence-electron chi connectivity index (χ3n) is 4.06. The van der Waals surface area contributed by atoms with Crippen LogP contribution in [0.15, 0.2) is 46.6 Å². The molecule has 0 aliphatic rings. The van der Waals surface area contributed by atoms with E-state index >= 15 is 0 Å². The van der Waals surface area contributed by atoms with Crippen molar-refractivity contribution in [2.45, 2.75) is 13.5 Å². The van der Waals surface area contributed by atoms with E-state index < -0.39 is 0 Å². The zero-order valence-corrected chi connectivity index (χ0v) is 16.3. The summed E-state index contributed by atoms with van der Waals surface area (Å²) in [5.74, 6) is 0.586. The fourth-order valence-electron chi connectivity index (χ4n) is 2.76. The van der Waals surface area contributed by atoms with Gasteiger partial charge in [-0.15, -0.1) is 22.7 Å². The lowest BCUT2D eigenvalue weighted by Gasteiger charge is -2.08. The average Bonchev–Trinajstić information content (AvgIpc) is 3.34. The first kappa shape index (κ1) is 17.6. The van der Waals surface area contributed by atoms with Crippen LogP contribution in [0.2, 0.25) is 0 Å². The van der Waals surface area contributed by atoms with Crippen LogP contribution in [0.4, 0.5) is 0 Å². The smallest absolute Gasteiger partial charge is 0.294 e. The number of carbonyl (C=O) groups is 1. The number of Topliss-reactive ketones (excluding diaryl/α,β-unsaturated/α-hetero) is 1. The van der Waals surface area contributed by atoms with E-state index in [1.165, 1.54) is 27.4 Å². The summed E-state index contributed by atoms with van der Waals surface area (Å²) in [7, 11) is 1.61. The van der Waals surface area contributed by atoms with Gasteiger partial charge in [0.15, 0.2) is 11.3 Å². The van der Waals surface area contributed by atoms with Gasteiger partial charge >= 0.3 is 0 Å². The van der Waals surface area contributed by atoms with E-state index in [0.717, 1.165) is 21.0 Å². The number of nitrogens with zero attached hydrogens (tertiary/aromatic N) is 3. The Morgan fingerprint density at radius 1 is 1.22 bits per heavy atom. The van der Waals surface area contributed by atoms with Crippen molar-refractivity contribution < 1.29 is 9.53 Å². The summed E-state index contributed by atoms with van der Waals surface area (Å²) in [6, 6.07) is 11.0. The van der Waals surface area contributed by atoms with Gasteiger partial charge in [-0.2, -0.15) is 5.10 Å². The lowest BCUT2D eigenvalue weighted by atomic mass is 10.1. The molecule has 0 saturated carbocycles. The van der Waals surface area contributed by atoms with Crippen LogP contribution in [-0.2, 0) is 6.54 Å². The van der Waals surface area contributed by atoms with Crippen molar-refractivity contribution in [3.63, 3.8) is 0 Å². The third-order valence-corrected chi connectivity index (χ3v) is 5.95. The van der Waals surface area contributed by atoms with Gasteiger partial charge in [-0.25, -0.2) is 9.67 Å². The molecule has 0 saturated heterocycles. The number of methoxy groups -OCH3 is 1. The van der Waals surface area contributed by atoms with Crippen LogP contribution in [0, 0.1) is 6.92 Å². The van der Waals surface area contributed by atoms with Gasteiger partial charge in [0.05, 0.1) is 21.7 Å². The van der Waals surface area contributed by atoms with Crippen LogP contribution >= 0.6 is 22.7 Å². The molecule has 0 amide bonds. The Hall–Kier alpha value is -2.84. The molecule has 4 aromatic rings. The normalized spacial score (nSPS) is 11.0. The van der Waals surface area contributed by atoms with Gasteiger partial charge < -0.3 is 4.74 Å². The molecular formula is C19H15N3O3S2. The van der Waals surface area contributed by atoms with Crippen LogP contribution in [0.3, 0.4) is 0 Å². The molecule has 136 valence electrons. The molecule has 6 nitrogen and oxygen atoms in total. The lowest BCUT2D eigenvalue weighted by Crippen LogP contribution is -2.27. The molecule has 3 aromatic heterocycles. The van der Waals surface area contributed by atoms with Gasteiger partial charge in [0, 0.05) is 5.56 Å². The Morgan fingerprint density at radius 2 is 2.00 bits per heavy atom. The van der Waals surface area contributed by atoms with Crippen molar-refractivity contribution in [3.8, 4) is 17.0 Å². The Bertz CT molecular complexity index is 1180. The Labute approximate surface area is 162 Å². The van der Waals surface area contributed by atoms with Crippen molar-refractivity contribution >= 4 is 38.7 Å². The first-order valence-corrected chi connectivity index (χ1v) is 9.86. The molecule has 3 heterocycles. The molecule has 0 fully saturated rings. The highest BCUT2D eigenvalue weighted by Crippen LogP contribution is 2.30. The maximum Gasteiger partial charge on any atom is 0.294 e. The minimum absolute atomic E-state index is 0.116. The fraction of sp³-hybridized carbons (Fsp3) is 0.158. The van der Waals surface area contributed by atoms with Crippen molar-refractivity contribution in [1.82, 2.24) is 14.8 Å². The highest BCUT2D eigenvalue weighted by Gasteiger charge is 2.18. The maximum atomic E-state index is 12.8. The van der Waals surface area contributed by atoms with E-state index in [9.17, 15) is 9.59 Å². The zero-order valence-electron chi connectivity index (χ0n) is 14.6. The molecule has 0 radical (unpaired) electrons. The Balaban J connectivity index is 1.86. The number of aromatic nitrogens is 3. The summed E-state index contributed by atoms with van der Waals surface area (Å²) >= 11 is 2.77. The van der Waals surface area contributed by atoms with E-state index in [0.29, 0.717) is 16.1 Å². The minimum Gasteiger partial charge on any atom is -0.497 e. The van der Waals surface area contributed by atoms with Gasteiger partial charge in [0.25, 0.3) is 5.56 Å². The van der Waals surface area contributed by atoms with Crippen LogP contribution in [0.5, 0.6) is 5.75 Å². The molecule has 0 unspecified atom stereocenters. The molecule has 1 aromatic carbocycles. The summed E-state index contributed by atoms with van der Waals surface area (Å²) in [5, 5.41) is 7.12. The maximum absolute atomic E-state index is 12.8. The first-order chi connectivity index (χ1) is 13.1. The standard InChI is InChI=1S/C19H15N3O3S2/c1-11-20-17-18(27-11)16(12-5-7-13(25-2)8-6-12)21-22(19(17)24)10-14(23)15-4-3-9-26-15/h3-9H,10H2,1-2H3. The molecule has 8 heteroatoms. The second-order valence-corrected chi connectivity index (χ2v) is 8.00. The van der Waals surface area contributed by atoms with Gasteiger partial charge in [0.2, 0.25) is 0 Å². The van der Waals surface area contributed by atoms with E-state index in [2.05, 4.69) is 10.1 Å². The highest BCUT2D eigenvalue weighted by atomic mass is 32.1. The number of thiazole rings is 1. The number of aryl methyl sites for hydroxylation is 1. The average molecular weight is 397 g/mol. The van der Waals surface area contributed by atoms with Crippen LogP contribution in [-0.4, -0.2) is 27.7 Å². The van der Waals surface area contributed by atoms with Crippen LogP contribution in [0.1, 0.15) is 14.7 Å². The molecule has 0 bridgehead atoms. The molecule has 0 spiro atoms. The molecule has 0 aliphatic carbocycles. The summed E-state index contributed by atoms with van der Waals surface area (Å²) in [4.78, 5) is 30.3. The lowest BCUT2D eigenvalue weighted by molar-refractivity contribution is 0.0970. The van der Waals surface area contributed by atoms with E-state index in [4.69, 9.17) is 4.74 Å². The van der Waals surface area contributed by atoms with Gasteiger partial charge in [-0.3, -0.25) is 9.59 Å². The quantitative estimate of drug-likeness (QED) is 0.479. The fourth-order valence-corrected chi connectivity index (χ4v) is 4.34. The molecule has 0 N–H and O–H groups in total. The van der Waals surface area contributed by atoms with Crippen molar-refractivity contribution in [2.24, 2.45) is 0 Å². The Morgan fingerprint density at radius 3 is 2.67 bits per heavy atom. The number of ether oxygens (including phenoxy) is 1. The SMILES string of the molecule is COc1ccc(-c2nn(CC(=O)c3cccs3)c(=O)c3nc(C)sc23)cc1. The number of benzene rings is 1.